The van der Waals surface area contributed by atoms with Crippen LogP contribution >= 0.6 is 0 Å². The molecule has 1 aliphatic carbocycles. The van der Waals surface area contributed by atoms with E-state index in [9.17, 15) is 0 Å². The van der Waals surface area contributed by atoms with Gasteiger partial charge in [0.15, 0.2) is 0 Å². The third kappa shape index (κ3) is 2.92. The molecule has 0 amide bonds. The van der Waals surface area contributed by atoms with Gasteiger partial charge in [-0.2, -0.15) is 0 Å². The van der Waals surface area contributed by atoms with Crippen molar-refractivity contribution >= 4 is 0 Å². The molecule has 1 aromatic rings. The standard InChI is InChI=1S/C16H26N2/c1-11-8-12(2)10-14(9-11)16(17-4)15-6-5-7-18-13(15)3/h5-7,11-12,14,16-17H,8-10H2,1-4H3. The lowest BCUT2D eigenvalue weighted by molar-refractivity contribution is 0.180. The molecular weight excluding hydrogens is 220 g/mol. The number of aryl methyl sites for hydroxylation is 1. The molecule has 0 aliphatic heterocycles. The van der Waals surface area contributed by atoms with Crippen molar-refractivity contribution in [2.24, 2.45) is 17.8 Å². The van der Waals surface area contributed by atoms with Crippen molar-refractivity contribution in [1.82, 2.24) is 10.3 Å². The first-order chi connectivity index (χ1) is 8.61. The van der Waals surface area contributed by atoms with Crippen molar-refractivity contribution in [3.63, 3.8) is 0 Å². The topological polar surface area (TPSA) is 24.9 Å². The number of pyridine rings is 1. The van der Waals surface area contributed by atoms with Crippen LogP contribution < -0.4 is 5.32 Å². The number of nitrogens with zero attached hydrogens (tertiary/aromatic N) is 1. The van der Waals surface area contributed by atoms with Gasteiger partial charge in [-0.25, -0.2) is 0 Å². The zero-order valence-electron chi connectivity index (χ0n) is 12.1. The van der Waals surface area contributed by atoms with E-state index in [2.05, 4.69) is 50.3 Å². The molecule has 1 aromatic heterocycles. The molecule has 0 aromatic carbocycles. The minimum absolute atomic E-state index is 0.462. The van der Waals surface area contributed by atoms with Gasteiger partial charge in [-0.05, 0) is 62.6 Å². The molecule has 18 heavy (non-hydrogen) atoms. The maximum atomic E-state index is 4.44. The summed E-state index contributed by atoms with van der Waals surface area (Å²) >= 11 is 0. The predicted molar refractivity (Wildman–Crippen MR) is 76.4 cm³/mol. The summed E-state index contributed by atoms with van der Waals surface area (Å²) in [6.45, 7) is 6.91. The van der Waals surface area contributed by atoms with E-state index in [0.29, 0.717) is 6.04 Å². The average Bonchev–Trinajstić information content (AvgIpc) is 2.31. The second-order valence-electron chi connectivity index (χ2n) is 6.12. The maximum Gasteiger partial charge on any atom is 0.0420 e. The average molecular weight is 246 g/mol. The van der Waals surface area contributed by atoms with E-state index < -0.39 is 0 Å². The van der Waals surface area contributed by atoms with Gasteiger partial charge in [0, 0.05) is 17.9 Å². The molecule has 100 valence electrons. The normalized spacial score (nSPS) is 30.1. The highest BCUT2D eigenvalue weighted by atomic mass is 14.9. The Labute approximate surface area is 111 Å². The summed E-state index contributed by atoms with van der Waals surface area (Å²) in [7, 11) is 2.08. The Morgan fingerprint density at radius 1 is 1.22 bits per heavy atom. The van der Waals surface area contributed by atoms with E-state index >= 15 is 0 Å². The van der Waals surface area contributed by atoms with Gasteiger partial charge in [0.1, 0.15) is 0 Å². The van der Waals surface area contributed by atoms with Gasteiger partial charge in [-0.3, -0.25) is 4.98 Å². The first-order valence-electron chi connectivity index (χ1n) is 7.20. The second-order valence-corrected chi connectivity index (χ2v) is 6.12. The summed E-state index contributed by atoms with van der Waals surface area (Å²) in [6.07, 6.45) is 5.95. The van der Waals surface area contributed by atoms with E-state index in [-0.39, 0.29) is 0 Å². The number of nitrogens with one attached hydrogen (secondary N) is 1. The van der Waals surface area contributed by atoms with Crippen molar-refractivity contribution in [3.05, 3.63) is 29.6 Å². The lowest BCUT2D eigenvalue weighted by atomic mass is 9.72. The monoisotopic (exact) mass is 246 g/mol. The quantitative estimate of drug-likeness (QED) is 0.879. The third-order valence-electron chi connectivity index (χ3n) is 4.38. The molecule has 3 unspecified atom stereocenters. The fraction of sp³-hybridized carbons (Fsp3) is 0.688. The van der Waals surface area contributed by atoms with Crippen molar-refractivity contribution in [3.8, 4) is 0 Å². The molecule has 0 spiro atoms. The number of rotatable bonds is 3. The molecule has 2 nitrogen and oxygen atoms in total. The molecule has 2 heteroatoms. The molecule has 1 aliphatic rings. The first kappa shape index (κ1) is 13.5. The summed E-state index contributed by atoms with van der Waals surface area (Å²) < 4.78 is 0. The van der Waals surface area contributed by atoms with E-state index in [0.717, 1.165) is 17.8 Å². The Morgan fingerprint density at radius 3 is 2.44 bits per heavy atom. The molecule has 0 radical (unpaired) electrons. The van der Waals surface area contributed by atoms with Gasteiger partial charge >= 0.3 is 0 Å². The molecule has 0 bridgehead atoms. The smallest absolute Gasteiger partial charge is 0.0420 e. The van der Waals surface area contributed by atoms with E-state index in [1.54, 1.807) is 0 Å². The van der Waals surface area contributed by atoms with Gasteiger partial charge in [0.2, 0.25) is 0 Å². The molecule has 2 rings (SSSR count). The summed E-state index contributed by atoms with van der Waals surface area (Å²) in [5, 5.41) is 3.53. The van der Waals surface area contributed by atoms with Crippen LogP contribution in [0, 0.1) is 24.7 Å². The highest BCUT2D eigenvalue weighted by molar-refractivity contribution is 5.23. The van der Waals surface area contributed by atoms with Crippen LogP contribution in [0.15, 0.2) is 18.3 Å². The van der Waals surface area contributed by atoms with E-state index in [1.807, 2.05) is 6.20 Å². The highest BCUT2D eigenvalue weighted by Crippen LogP contribution is 2.40. The van der Waals surface area contributed by atoms with Crippen molar-refractivity contribution < 1.29 is 0 Å². The van der Waals surface area contributed by atoms with Crippen molar-refractivity contribution in [1.29, 1.82) is 0 Å². The van der Waals surface area contributed by atoms with Crippen LogP contribution in [-0.4, -0.2) is 12.0 Å². The Morgan fingerprint density at radius 2 is 1.89 bits per heavy atom. The SMILES string of the molecule is CNC(c1cccnc1C)C1CC(C)CC(C)C1. The minimum Gasteiger partial charge on any atom is -0.313 e. The Bertz CT molecular complexity index is 378. The van der Waals surface area contributed by atoms with Crippen LogP contribution in [-0.2, 0) is 0 Å². The first-order valence-corrected chi connectivity index (χ1v) is 7.20. The fourth-order valence-electron chi connectivity index (χ4n) is 3.75. The molecule has 1 saturated carbocycles. The van der Waals surface area contributed by atoms with Crippen LogP contribution in [0.5, 0.6) is 0 Å². The Hall–Kier alpha value is -0.890. The van der Waals surface area contributed by atoms with Gasteiger partial charge in [0.05, 0.1) is 0 Å². The van der Waals surface area contributed by atoms with Crippen molar-refractivity contribution in [2.75, 3.05) is 7.05 Å². The van der Waals surface area contributed by atoms with Crippen LogP contribution in [0.1, 0.15) is 50.4 Å². The lowest BCUT2D eigenvalue weighted by Crippen LogP contribution is -2.32. The molecule has 1 fully saturated rings. The maximum absolute atomic E-state index is 4.44. The third-order valence-corrected chi connectivity index (χ3v) is 4.38. The van der Waals surface area contributed by atoms with E-state index in [1.165, 1.54) is 30.5 Å². The van der Waals surface area contributed by atoms with Crippen LogP contribution in [0.3, 0.4) is 0 Å². The highest BCUT2D eigenvalue weighted by Gasteiger charge is 2.30. The lowest BCUT2D eigenvalue weighted by Gasteiger charge is -2.37. The number of hydrogen-bond donors (Lipinski definition) is 1. The minimum atomic E-state index is 0.462. The second kappa shape index (κ2) is 5.83. The van der Waals surface area contributed by atoms with Gasteiger partial charge in [-0.1, -0.05) is 19.9 Å². The number of hydrogen-bond acceptors (Lipinski definition) is 2. The molecule has 1 heterocycles. The molecular formula is C16H26N2. The zero-order chi connectivity index (χ0) is 13.1. The van der Waals surface area contributed by atoms with E-state index in [4.69, 9.17) is 0 Å². The zero-order valence-corrected chi connectivity index (χ0v) is 12.1. The molecule has 3 atom stereocenters. The van der Waals surface area contributed by atoms with Gasteiger partial charge in [-0.15, -0.1) is 0 Å². The molecule has 1 N–H and O–H groups in total. The van der Waals surface area contributed by atoms with Gasteiger partial charge in [0.25, 0.3) is 0 Å². The summed E-state index contributed by atoms with van der Waals surface area (Å²) in [6, 6.07) is 4.75. The Kier molecular flexibility index (Phi) is 4.39. The predicted octanol–water partition coefficient (Wildman–Crippen LogP) is 3.72. The summed E-state index contributed by atoms with van der Waals surface area (Å²) in [4.78, 5) is 4.44. The van der Waals surface area contributed by atoms with Crippen LogP contribution in [0.25, 0.3) is 0 Å². The largest absolute Gasteiger partial charge is 0.313 e. The summed E-state index contributed by atoms with van der Waals surface area (Å²) in [5.41, 5.74) is 2.55. The van der Waals surface area contributed by atoms with Crippen LogP contribution in [0.2, 0.25) is 0 Å². The fourth-order valence-corrected chi connectivity index (χ4v) is 3.75. The molecule has 0 saturated heterocycles. The van der Waals surface area contributed by atoms with Gasteiger partial charge < -0.3 is 5.32 Å². The van der Waals surface area contributed by atoms with Crippen LogP contribution in [0.4, 0.5) is 0 Å². The summed E-state index contributed by atoms with van der Waals surface area (Å²) in [5.74, 6) is 2.45. The van der Waals surface area contributed by atoms with Crippen molar-refractivity contribution in [2.45, 2.75) is 46.1 Å². The number of aromatic nitrogens is 1. The Balaban J connectivity index is 2.20.